The zero-order valence-electron chi connectivity index (χ0n) is 21.3. The maximum absolute atomic E-state index is 13.2. The van der Waals surface area contributed by atoms with Gasteiger partial charge in [-0.3, -0.25) is 9.48 Å². The van der Waals surface area contributed by atoms with Gasteiger partial charge in [0.15, 0.2) is 0 Å². The third kappa shape index (κ3) is 8.64. The maximum atomic E-state index is 13.2. The van der Waals surface area contributed by atoms with Crippen LogP contribution in [0.1, 0.15) is 35.1 Å². The highest BCUT2D eigenvalue weighted by Gasteiger charge is 2.39. The summed E-state index contributed by atoms with van der Waals surface area (Å²) in [5.74, 6) is -5.51. The van der Waals surface area contributed by atoms with E-state index >= 15 is 0 Å². The molecule has 1 saturated heterocycles. The standard InChI is InChI=1S/C21H23N5O.2C2HF3O2/c27-21(20-8-7-16-5-1-2-6-19(16)23-20)25-14-17-9-10-22-26(17)18(15-25)13-24-11-3-4-12-24;2*3-2(4,5)1(6)7/h1-2,5-10,18H,3-4,11-15H2;2*(H,6,7). The van der Waals surface area contributed by atoms with Crippen LogP contribution in [0, 0.1) is 0 Å². The van der Waals surface area contributed by atoms with Crippen LogP contribution in [0.25, 0.3) is 10.9 Å². The fourth-order valence-corrected chi connectivity index (χ4v) is 4.29. The average molecular weight is 589 g/mol. The largest absolute Gasteiger partial charge is 0.490 e. The number of para-hydroxylation sites is 1. The molecule has 1 fully saturated rings. The summed E-state index contributed by atoms with van der Waals surface area (Å²) in [4.78, 5) is 40.0. The fourth-order valence-electron chi connectivity index (χ4n) is 4.29. The number of nitrogens with zero attached hydrogens (tertiary/aromatic N) is 5. The van der Waals surface area contributed by atoms with E-state index in [0.29, 0.717) is 18.8 Å². The van der Waals surface area contributed by atoms with Crippen LogP contribution >= 0.6 is 0 Å². The molecule has 1 unspecified atom stereocenters. The summed E-state index contributed by atoms with van der Waals surface area (Å²) >= 11 is 0. The normalized spacial score (nSPS) is 17.1. The number of likely N-dealkylation sites (tertiary alicyclic amines) is 1. The quantitative estimate of drug-likeness (QED) is 0.439. The second-order valence-electron chi connectivity index (χ2n) is 9.11. The second kappa shape index (κ2) is 13.0. The summed E-state index contributed by atoms with van der Waals surface area (Å²) in [6, 6.07) is 13.9. The summed E-state index contributed by atoms with van der Waals surface area (Å²) in [5.41, 5.74) is 2.47. The number of aliphatic carboxylic acids is 2. The number of amides is 1. The van der Waals surface area contributed by atoms with Crippen LogP contribution in [-0.2, 0) is 16.1 Å². The van der Waals surface area contributed by atoms with Crippen molar-refractivity contribution in [2.75, 3.05) is 26.2 Å². The van der Waals surface area contributed by atoms with Crippen LogP contribution < -0.4 is 0 Å². The van der Waals surface area contributed by atoms with E-state index in [1.807, 2.05) is 53.6 Å². The van der Waals surface area contributed by atoms with E-state index in [1.54, 1.807) is 0 Å². The number of carbonyl (C=O) groups is 3. The minimum Gasteiger partial charge on any atom is -0.475 e. The first-order chi connectivity index (χ1) is 19.2. The van der Waals surface area contributed by atoms with Crippen molar-refractivity contribution >= 4 is 28.7 Å². The van der Waals surface area contributed by atoms with Gasteiger partial charge in [0.25, 0.3) is 5.91 Å². The van der Waals surface area contributed by atoms with E-state index in [-0.39, 0.29) is 11.9 Å². The molecule has 16 heteroatoms. The Morgan fingerprint density at radius 2 is 1.46 bits per heavy atom. The lowest BCUT2D eigenvalue weighted by atomic mass is 10.1. The number of carbonyl (C=O) groups excluding carboxylic acids is 1. The van der Waals surface area contributed by atoms with Crippen molar-refractivity contribution in [3.05, 3.63) is 60.0 Å². The molecule has 0 aliphatic carbocycles. The van der Waals surface area contributed by atoms with E-state index in [4.69, 9.17) is 19.8 Å². The highest BCUT2D eigenvalue weighted by molar-refractivity contribution is 5.95. The van der Waals surface area contributed by atoms with Gasteiger partial charge in [-0.05, 0) is 44.1 Å². The number of carboxylic acid groups (broad SMARTS) is 2. The van der Waals surface area contributed by atoms with Crippen LogP contribution in [0.4, 0.5) is 26.3 Å². The van der Waals surface area contributed by atoms with Crippen LogP contribution in [0.5, 0.6) is 0 Å². The van der Waals surface area contributed by atoms with Crippen LogP contribution in [0.15, 0.2) is 48.7 Å². The van der Waals surface area contributed by atoms with Gasteiger partial charge in [0.1, 0.15) is 5.69 Å². The van der Waals surface area contributed by atoms with Gasteiger partial charge in [-0.25, -0.2) is 14.6 Å². The number of halogens is 6. The minimum absolute atomic E-state index is 0.000347. The molecule has 1 aromatic carbocycles. The first kappa shape index (κ1) is 31.3. The molecular weight excluding hydrogens is 564 g/mol. The zero-order chi connectivity index (χ0) is 30.4. The molecule has 3 aromatic rings. The Morgan fingerprint density at radius 3 is 2.05 bits per heavy atom. The molecule has 0 radical (unpaired) electrons. The summed E-state index contributed by atoms with van der Waals surface area (Å²) in [6.07, 6.45) is -5.79. The van der Waals surface area contributed by atoms with E-state index in [1.165, 1.54) is 12.8 Å². The number of hydrogen-bond acceptors (Lipinski definition) is 6. The van der Waals surface area contributed by atoms with Gasteiger partial charge in [0.2, 0.25) is 0 Å². The molecule has 2 aliphatic heterocycles. The average Bonchev–Trinajstić information content (AvgIpc) is 3.60. The Labute approximate surface area is 228 Å². The zero-order valence-corrected chi connectivity index (χ0v) is 21.3. The molecule has 5 rings (SSSR count). The molecule has 4 heterocycles. The third-order valence-electron chi connectivity index (χ3n) is 6.14. The van der Waals surface area contributed by atoms with Gasteiger partial charge >= 0.3 is 24.3 Å². The van der Waals surface area contributed by atoms with Gasteiger partial charge in [0, 0.05) is 24.7 Å². The van der Waals surface area contributed by atoms with Crippen LogP contribution in [-0.4, -0.2) is 91.2 Å². The van der Waals surface area contributed by atoms with Gasteiger partial charge in [0.05, 0.1) is 23.8 Å². The van der Waals surface area contributed by atoms with E-state index in [0.717, 1.165) is 36.2 Å². The first-order valence-corrected chi connectivity index (χ1v) is 12.2. The van der Waals surface area contributed by atoms with Crippen molar-refractivity contribution in [2.45, 2.75) is 37.8 Å². The second-order valence-corrected chi connectivity index (χ2v) is 9.11. The highest BCUT2D eigenvalue weighted by Crippen LogP contribution is 2.24. The number of aromatic nitrogens is 3. The number of carboxylic acids is 2. The summed E-state index contributed by atoms with van der Waals surface area (Å²) in [7, 11) is 0. The molecule has 2 aromatic heterocycles. The smallest absolute Gasteiger partial charge is 0.475 e. The van der Waals surface area contributed by atoms with Crippen molar-refractivity contribution in [3.63, 3.8) is 0 Å². The Morgan fingerprint density at radius 1 is 0.878 bits per heavy atom. The number of alkyl halides is 6. The number of fused-ring (bicyclic) bond motifs is 2. The molecule has 222 valence electrons. The topological polar surface area (TPSA) is 129 Å². The van der Waals surface area contributed by atoms with E-state index in [9.17, 15) is 31.1 Å². The highest BCUT2D eigenvalue weighted by atomic mass is 19.4. The van der Waals surface area contributed by atoms with Gasteiger partial charge in [-0.15, -0.1) is 0 Å². The summed E-state index contributed by atoms with van der Waals surface area (Å²) < 4.78 is 65.6. The lowest BCUT2D eigenvalue weighted by molar-refractivity contribution is -0.193. The monoisotopic (exact) mass is 589 g/mol. The third-order valence-corrected chi connectivity index (χ3v) is 6.14. The Kier molecular flexibility index (Phi) is 9.91. The summed E-state index contributed by atoms with van der Waals surface area (Å²) in [6.45, 7) is 4.51. The Hall–Kier alpha value is -4.21. The van der Waals surface area contributed by atoms with Crippen LogP contribution in [0.3, 0.4) is 0 Å². The molecule has 1 amide bonds. The van der Waals surface area contributed by atoms with Gasteiger partial charge in [-0.2, -0.15) is 31.4 Å². The Balaban J connectivity index is 0.000000276. The summed E-state index contributed by atoms with van der Waals surface area (Å²) in [5, 5.41) is 19.8. The van der Waals surface area contributed by atoms with Gasteiger partial charge < -0.3 is 20.0 Å². The minimum atomic E-state index is -5.08. The van der Waals surface area contributed by atoms with Gasteiger partial charge in [-0.1, -0.05) is 24.3 Å². The van der Waals surface area contributed by atoms with Crippen molar-refractivity contribution in [1.29, 1.82) is 0 Å². The molecule has 41 heavy (non-hydrogen) atoms. The number of benzene rings is 1. The van der Waals surface area contributed by atoms with Crippen molar-refractivity contribution < 1.29 is 50.9 Å². The van der Waals surface area contributed by atoms with E-state index in [2.05, 4.69) is 19.7 Å². The van der Waals surface area contributed by atoms with Crippen LogP contribution in [0.2, 0.25) is 0 Å². The number of rotatable bonds is 3. The maximum Gasteiger partial charge on any atom is 0.490 e. The molecule has 1 atom stereocenters. The molecule has 0 spiro atoms. The molecular formula is C25H25F6N5O5. The van der Waals surface area contributed by atoms with E-state index < -0.39 is 24.3 Å². The Bertz CT molecular complexity index is 1350. The lowest BCUT2D eigenvalue weighted by Crippen LogP contribution is -2.45. The molecule has 2 aliphatic rings. The predicted octanol–water partition coefficient (Wildman–Crippen LogP) is 3.99. The SMILES string of the molecule is O=C(O)C(F)(F)F.O=C(O)C(F)(F)F.O=C(c1ccc2ccccc2n1)N1Cc2ccnn2C(CN2CCCC2)C1. The molecule has 0 saturated carbocycles. The molecule has 2 N–H and O–H groups in total. The fraction of sp³-hybridized carbons (Fsp3) is 0.400. The number of hydrogen-bond donors (Lipinski definition) is 2. The molecule has 0 bridgehead atoms. The molecule has 10 nitrogen and oxygen atoms in total. The van der Waals surface area contributed by atoms with Crippen molar-refractivity contribution in [1.82, 2.24) is 24.6 Å². The first-order valence-electron chi connectivity index (χ1n) is 12.2. The lowest BCUT2D eigenvalue weighted by Gasteiger charge is -2.35. The predicted molar refractivity (Wildman–Crippen MR) is 131 cm³/mol. The number of pyridine rings is 1. The van der Waals surface area contributed by atoms with Crippen molar-refractivity contribution in [2.24, 2.45) is 0 Å². The van der Waals surface area contributed by atoms with Crippen molar-refractivity contribution in [3.8, 4) is 0 Å².